The molecule has 0 radical (unpaired) electrons. The van der Waals surface area contributed by atoms with Crippen molar-refractivity contribution in [2.45, 2.75) is 6.92 Å². The summed E-state index contributed by atoms with van der Waals surface area (Å²) in [5, 5.41) is 2.77. The van der Waals surface area contributed by atoms with Crippen LogP contribution in [0.15, 0.2) is 28.4 Å². The van der Waals surface area contributed by atoms with Crippen LogP contribution in [0.2, 0.25) is 0 Å². The lowest BCUT2D eigenvalue weighted by Gasteiger charge is -2.32. The second kappa shape index (κ2) is 6.03. The first-order valence-electron chi connectivity index (χ1n) is 7.41. The second-order valence-corrected chi connectivity index (χ2v) is 6.31. The fourth-order valence-electron chi connectivity index (χ4n) is 2.86. The quantitative estimate of drug-likeness (QED) is 0.918. The molecule has 21 heavy (non-hydrogen) atoms. The first kappa shape index (κ1) is 14.4. The molecule has 0 saturated carbocycles. The van der Waals surface area contributed by atoms with E-state index in [1.807, 2.05) is 23.6 Å². The number of anilines is 1. The molecule has 0 bridgehead atoms. The summed E-state index contributed by atoms with van der Waals surface area (Å²) in [4.78, 5) is 16.6. The van der Waals surface area contributed by atoms with Crippen LogP contribution in [0.1, 0.15) is 6.92 Å². The zero-order chi connectivity index (χ0) is 14.8. The molecule has 0 atom stereocenters. The number of hydrogen-bond acceptors (Lipinski definition) is 4. The fourth-order valence-corrected chi connectivity index (χ4v) is 3.78. The molecule has 5 heteroatoms. The third-order valence-corrected chi connectivity index (χ3v) is 5.22. The van der Waals surface area contributed by atoms with Gasteiger partial charge >= 0.3 is 0 Å². The molecule has 2 aromatic rings. The molecule has 1 N–H and O–H groups in total. The Morgan fingerprint density at radius 1 is 1.33 bits per heavy atom. The number of nitrogens with zero attached hydrogens (tertiary/aromatic N) is 1. The van der Waals surface area contributed by atoms with Crippen LogP contribution in [0, 0.1) is 0 Å². The molecule has 3 rings (SSSR count). The summed E-state index contributed by atoms with van der Waals surface area (Å²) in [6.07, 6.45) is 0. The molecular formula is C16H21N2O2S+. The lowest BCUT2D eigenvalue weighted by atomic mass is 10.2. The minimum Gasteiger partial charge on any atom is -0.497 e. The number of nitrogens with one attached hydrogen (secondary N) is 1. The smallest absolute Gasteiger partial charge is 0.211 e. The van der Waals surface area contributed by atoms with Gasteiger partial charge in [-0.25, -0.2) is 0 Å². The summed E-state index contributed by atoms with van der Waals surface area (Å²) in [5.41, 5.74) is 0.971. The molecule has 1 aliphatic rings. The fraction of sp³-hybridized carbons (Fsp3) is 0.438. The van der Waals surface area contributed by atoms with E-state index < -0.39 is 0 Å². The highest BCUT2D eigenvalue weighted by atomic mass is 32.1. The van der Waals surface area contributed by atoms with Crippen molar-refractivity contribution >= 4 is 27.1 Å². The van der Waals surface area contributed by atoms with E-state index in [9.17, 15) is 4.79 Å². The van der Waals surface area contributed by atoms with Gasteiger partial charge in [0, 0.05) is 15.5 Å². The molecule has 1 aromatic carbocycles. The van der Waals surface area contributed by atoms with Crippen molar-refractivity contribution < 1.29 is 9.64 Å². The Balaban J connectivity index is 1.96. The summed E-state index contributed by atoms with van der Waals surface area (Å²) in [7, 11) is 1.63. The average Bonchev–Trinajstić information content (AvgIpc) is 2.55. The molecule has 1 aromatic heterocycles. The Labute approximate surface area is 128 Å². The largest absolute Gasteiger partial charge is 0.497 e. The molecule has 0 aliphatic carbocycles. The summed E-state index contributed by atoms with van der Waals surface area (Å²) in [5.74, 6) is 0.740. The third-order valence-electron chi connectivity index (χ3n) is 4.27. The number of piperazine rings is 1. The van der Waals surface area contributed by atoms with Crippen LogP contribution < -0.4 is 20.0 Å². The maximum Gasteiger partial charge on any atom is 0.211 e. The molecule has 0 spiro atoms. The van der Waals surface area contributed by atoms with Crippen molar-refractivity contribution in [1.82, 2.24) is 0 Å². The topological polar surface area (TPSA) is 34.0 Å². The van der Waals surface area contributed by atoms with Crippen LogP contribution in [0.5, 0.6) is 5.75 Å². The highest BCUT2D eigenvalue weighted by Crippen LogP contribution is 2.24. The van der Waals surface area contributed by atoms with Gasteiger partial charge in [-0.2, -0.15) is 0 Å². The first-order chi connectivity index (χ1) is 10.2. The van der Waals surface area contributed by atoms with E-state index in [-0.39, 0.29) is 5.43 Å². The minimum absolute atomic E-state index is 0.127. The van der Waals surface area contributed by atoms with Crippen molar-refractivity contribution in [1.29, 1.82) is 0 Å². The Morgan fingerprint density at radius 2 is 2.10 bits per heavy atom. The van der Waals surface area contributed by atoms with Crippen molar-refractivity contribution in [2.75, 3.05) is 44.7 Å². The van der Waals surface area contributed by atoms with E-state index >= 15 is 0 Å². The molecule has 1 fully saturated rings. The Morgan fingerprint density at radius 3 is 2.76 bits per heavy atom. The molecule has 0 amide bonds. The summed E-state index contributed by atoms with van der Waals surface area (Å²) < 4.78 is 6.26. The van der Waals surface area contributed by atoms with Crippen LogP contribution in [0.4, 0.5) is 5.69 Å². The molecule has 1 saturated heterocycles. The number of benzene rings is 1. The first-order valence-corrected chi connectivity index (χ1v) is 8.29. The zero-order valence-electron chi connectivity index (χ0n) is 12.5. The van der Waals surface area contributed by atoms with Crippen molar-refractivity contribution in [2.24, 2.45) is 0 Å². The maximum absolute atomic E-state index is 12.7. The monoisotopic (exact) mass is 305 g/mol. The summed E-state index contributed by atoms with van der Waals surface area (Å²) in [6, 6.07) is 5.72. The van der Waals surface area contributed by atoms with Gasteiger partial charge in [0.15, 0.2) is 0 Å². The molecular weight excluding hydrogens is 284 g/mol. The number of hydrogen-bond donors (Lipinski definition) is 1. The lowest BCUT2D eigenvalue weighted by Crippen LogP contribution is -3.14. The summed E-state index contributed by atoms with van der Waals surface area (Å²) >= 11 is 1.63. The van der Waals surface area contributed by atoms with Gasteiger partial charge in [0.05, 0.1) is 45.5 Å². The number of methoxy groups -OCH3 is 1. The van der Waals surface area contributed by atoms with E-state index in [0.29, 0.717) is 0 Å². The van der Waals surface area contributed by atoms with E-state index in [2.05, 4.69) is 11.8 Å². The van der Waals surface area contributed by atoms with E-state index in [4.69, 9.17) is 4.74 Å². The van der Waals surface area contributed by atoms with Gasteiger partial charge in [-0.15, -0.1) is 11.3 Å². The predicted molar refractivity (Wildman–Crippen MR) is 88.1 cm³/mol. The minimum atomic E-state index is 0.127. The van der Waals surface area contributed by atoms with Crippen LogP contribution in [-0.2, 0) is 0 Å². The van der Waals surface area contributed by atoms with Crippen molar-refractivity contribution in [3.8, 4) is 5.75 Å². The molecule has 4 nitrogen and oxygen atoms in total. The van der Waals surface area contributed by atoms with Crippen molar-refractivity contribution in [3.05, 3.63) is 33.8 Å². The normalized spacial score (nSPS) is 16.4. The summed E-state index contributed by atoms with van der Waals surface area (Å²) in [6.45, 7) is 7.51. The number of quaternary nitrogens is 1. The molecule has 2 heterocycles. The Kier molecular flexibility index (Phi) is 4.12. The number of ether oxygens (including phenoxy) is 1. The van der Waals surface area contributed by atoms with Crippen LogP contribution in [0.3, 0.4) is 0 Å². The average molecular weight is 305 g/mol. The van der Waals surface area contributed by atoms with Crippen LogP contribution >= 0.6 is 11.3 Å². The van der Waals surface area contributed by atoms with Gasteiger partial charge in [0.1, 0.15) is 5.75 Å². The number of rotatable bonds is 3. The van der Waals surface area contributed by atoms with Gasteiger partial charge in [0.2, 0.25) is 5.43 Å². The van der Waals surface area contributed by atoms with Gasteiger partial charge in [-0.1, -0.05) is 0 Å². The highest BCUT2D eigenvalue weighted by Gasteiger charge is 2.21. The third kappa shape index (κ3) is 2.76. The number of likely N-dealkylation sites (N-methyl/N-ethyl adjacent to an activating group) is 1. The standard InChI is InChI=1S/C16H20N2O2S/c1-3-17-6-8-18(9-7-17)14-11-21-15-5-4-12(20-2)10-13(15)16(14)19/h4-5,10-11H,3,6-9H2,1-2H3/p+1. The number of fused-ring (bicyclic) bond motifs is 1. The SMILES string of the molecule is CC[NH+]1CCN(c2csc3ccc(OC)cc3c2=O)CC1. The van der Waals surface area contributed by atoms with Gasteiger partial charge in [-0.05, 0) is 25.1 Å². The van der Waals surface area contributed by atoms with E-state index in [0.717, 1.165) is 54.2 Å². The van der Waals surface area contributed by atoms with E-state index in [1.165, 1.54) is 0 Å². The second-order valence-electron chi connectivity index (χ2n) is 5.40. The predicted octanol–water partition coefficient (Wildman–Crippen LogP) is 0.995. The Hall–Kier alpha value is -1.59. The van der Waals surface area contributed by atoms with Gasteiger partial charge in [0.25, 0.3) is 0 Å². The van der Waals surface area contributed by atoms with Crippen molar-refractivity contribution in [3.63, 3.8) is 0 Å². The molecule has 112 valence electrons. The zero-order valence-corrected chi connectivity index (χ0v) is 13.3. The molecule has 1 aliphatic heterocycles. The maximum atomic E-state index is 12.7. The molecule has 0 unspecified atom stereocenters. The van der Waals surface area contributed by atoms with Crippen LogP contribution in [-0.4, -0.2) is 39.8 Å². The van der Waals surface area contributed by atoms with E-state index in [1.54, 1.807) is 23.3 Å². The van der Waals surface area contributed by atoms with Gasteiger partial charge in [-0.3, -0.25) is 4.79 Å². The Bertz CT molecular complexity index is 690. The highest BCUT2D eigenvalue weighted by molar-refractivity contribution is 7.16. The van der Waals surface area contributed by atoms with Crippen LogP contribution in [0.25, 0.3) is 10.1 Å². The lowest BCUT2D eigenvalue weighted by molar-refractivity contribution is -0.898. The van der Waals surface area contributed by atoms with Gasteiger partial charge < -0.3 is 14.5 Å².